The smallest absolute Gasteiger partial charge is 0.244 e. The Morgan fingerprint density at radius 2 is 2.14 bits per heavy atom. The fourth-order valence-electron chi connectivity index (χ4n) is 3.77. The molecule has 1 aliphatic carbocycles. The van der Waals surface area contributed by atoms with Crippen molar-refractivity contribution >= 4 is 45.3 Å². The quantitative estimate of drug-likeness (QED) is 0.326. The van der Waals surface area contributed by atoms with Crippen molar-refractivity contribution in [1.82, 2.24) is 25.1 Å². The zero-order valence-corrected chi connectivity index (χ0v) is 18.1. The first-order chi connectivity index (χ1) is 14.2. The third kappa shape index (κ3) is 4.87. The Labute approximate surface area is 178 Å². The lowest BCUT2D eigenvalue weighted by atomic mass is 10.2. The van der Waals surface area contributed by atoms with Crippen molar-refractivity contribution in [2.45, 2.75) is 49.7 Å². The maximum absolute atomic E-state index is 12.1. The summed E-state index contributed by atoms with van der Waals surface area (Å²) in [6, 6.07) is 8.52. The summed E-state index contributed by atoms with van der Waals surface area (Å²) in [7, 11) is 0. The summed E-state index contributed by atoms with van der Waals surface area (Å²) in [4.78, 5) is 16.6. The number of hydrogen-bond acceptors (Lipinski definition) is 6. The summed E-state index contributed by atoms with van der Waals surface area (Å²) in [5, 5.41) is 13.6. The standard InChI is InChI=1S/C21H25N5OS2/c1-28-21-25-24-18(26(21)15-7-2-3-8-15)11-6-14-22-19(27)12-13-20-23-16-9-4-5-10-17(16)29-20/h4-5,9-10,12-13,15H,2-3,6-8,11,14H2,1H3,(H,22,27)/b13-12+. The number of rotatable bonds is 8. The number of para-hydroxylation sites is 1. The van der Waals surface area contributed by atoms with E-state index in [2.05, 4.69) is 31.3 Å². The number of nitrogens with zero attached hydrogens (tertiary/aromatic N) is 4. The molecule has 0 radical (unpaired) electrons. The molecule has 1 amide bonds. The fourth-order valence-corrected chi connectivity index (χ4v) is 5.22. The van der Waals surface area contributed by atoms with Crippen molar-refractivity contribution < 1.29 is 4.79 Å². The normalized spacial score (nSPS) is 14.9. The van der Waals surface area contributed by atoms with Gasteiger partial charge in [0.15, 0.2) is 5.16 Å². The van der Waals surface area contributed by atoms with Gasteiger partial charge in [0.1, 0.15) is 10.8 Å². The molecule has 0 bridgehead atoms. The SMILES string of the molecule is CSc1nnc(CCCNC(=O)/C=C/c2nc3ccccc3s2)n1C1CCCC1. The summed E-state index contributed by atoms with van der Waals surface area (Å²) < 4.78 is 3.45. The number of aryl methyl sites for hydroxylation is 1. The molecule has 4 rings (SSSR count). The average Bonchev–Trinajstić information content (AvgIpc) is 3.48. The first-order valence-electron chi connectivity index (χ1n) is 10.0. The lowest BCUT2D eigenvalue weighted by Crippen LogP contribution is -2.23. The Morgan fingerprint density at radius 3 is 2.93 bits per heavy atom. The highest BCUT2D eigenvalue weighted by Gasteiger charge is 2.23. The Hall–Kier alpha value is -2.19. The minimum atomic E-state index is -0.0914. The van der Waals surface area contributed by atoms with E-state index in [1.54, 1.807) is 35.3 Å². The summed E-state index contributed by atoms with van der Waals surface area (Å²) >= 11 is 3.24. The number of hydrogen-bond donors (Lipinski definition) is 1. The monoisotopic (exact) mass is 427 g/mol. The maximum atomic E-state index is 12.1. The third-order valence-corrected chi connectivity index (χ3v) is 6.82. The largest absolute Gasteiger partial charge is 0.353 e. The van der Waals surface area contributed by atoms with Crippen LogP contribution in [0.15, 0.2) is 35.5 Å². The van der Waals surface area contributed by atoms with Crippen LogP contribution in [0.1, 0.15) is 49.0 Å². The van der Waals surface area contributed by atoms with E-state index in [0.717, 1.165) is 39.0 Å². The van der Waals surface area contributed by atoms with Crippen molar-refractivity contribution in [3.63, 3.8) is 0 Å². The Balaban J connectivity index is 1.27. The highest BCUT2D eigenvalue weighted by atomic mass is 32.2. The van der Waals surface area contributed by atoms with Crippen LogP contribution in [0.3, 0.4) is 0 Å². The van der Waals surface area contributed by atoms with E-state index in [-0.39, 0.29) is 5.91 Å². The second-order valence-electron chi connectivity index (χ2n) is 7.16. The van der Waals surface area contributed by atoms with Crippen LogP contribution in [0, 0.1) is 0 Å². The highest BCUT2D eigenvalue weighted by molar-refractivity contribution is 7.98. The van der Waals surface area contributed by atoms with Gasteiger partial charge in [-0.1, -0.05) is 36.7 Å². The molecular weight excluding hydrogens is 402 g/mol. The van der Waals surface area contributed by atoms with Crippen molar-refractivity contribution in [2.75, 3.05) is 12.8 Å². The van der Waals surface area contributed by atoms with Crippen LogP contribution in [0.2, 0.25) is 0 Å². The number of aromatic nitrogens is 4. The topological polar surface area (TPSA) is 72.7 Å². The number of thiazole rings is 1. The summed E-state index contributed by atoms with van der Waals surface area (Å²) in [6.45, 7) is 0.620. The van der Waals surface area contributed by atoms with Crippen molar-refractivity contribution in [2.24, 2.45) is 0 Å². The number of carbonyl (C=O) groups is 1. The van der Waals surface area contributed by atoms with Gasteiger partial charge in [-0.05, 0) is 43.7 Å². The van der Waals surface area contributed by atoms with Gasteiger partial charge in [0.2, 0.25) is 5.91 Å². The van der Waals surface area contributed by atoms with Crippen molar-refractivity contribution in [3.05, 3.63) is 41.2 Å². The highest BCUT2D eigenvalue weighted by Crippen LogP contribution is 2.33. The van der Waals surface area contributed by atoms with Crippen molar-refractivity contribution in [3.8, 4) is 0 Å². The number of fused-ring (bicyclic) bond motifs is 1. The Morgan fingerprint density at radius 1 is 1.31 bits per heavy atom. The molecular formula is C21H25N5OS2. The number of carbonyl (C=O) groups excluding carboxylic acids is 1. The van der Waals surface area contributed by atoms with Crippen LogP contribution in [0.25, 0.3) is 16.3 Å². The van der Waals surface area contributed by atoms with Crippen LogP contribution < -0.4 is 5.32 Å². The number of thioether (sulfide) groups is 1. The van der Waals surface area contributed by atoms with E-state index in [9.17, 15) is 4.79 Å². The molecule has 1 aromatic carbocycles. The molecule has 1 aliphatic rings. The summed E-state index contributed by atoms with van der Waals surface area (Å²) in [6.07, 6.45) is 12.1. The predicted octanol–water partition coefficient (Wildman–Crippen LogP) is 4.49. The molecule has 1 saturated carbocycles. The summed E-state index contributed by atoms with van der Waals surface area (Å²) in [5.74, 6) is 0.951. The molecule has 8 heteroatoms. The summed E-state index contributed by atoms with van der Waals surface area (Å²) in [5.41, 5.74) is 0.966. The minimum absolute atomic E-state index is 0.0914. The second kappa shape index (κ2) is 9.54. The molecule has 29 heavy (non-hydrogen) atoms. The van der Waals surface area contributed by atoms with Gasteiger partial charge in [-0.2, -0.15) is 0 Å². The van der Waals surface area contributed by atoms with Gasteiger partial charge >= 0.3 is 0 Å². The van der Waals surface area contributed by atoms with Gasteiger partial charge in [0.05, 0.1) is 10.2 Å². The van der Waals surface area contributed by atoms with Gasteiger partial charge in [0.25, 0.3) is 0 Å². The molecule has 152 valence electrons. The average molecular weight is 428 g/mol. The van der Waals surface area contributed by atoms with Gasteiger partial charge in [-0.3, -0.25) is 4.79 Å². The van der Waals surface area contributed by atoms with Gasteiger partial charge in [-0.15, -0.1) is 21.5 Å². The van der Waals surface area contributed by atoms with E-state index < -0.39 is 0 Å². The van der Waals surface area contributed by atoms with E-state index in [1.807, 2.05) is 24.3 Å². The Kier molecular flexibility index (Phi) is 6.61. The van der Waals surface area contributed by atoms with Gasteiger partial charge in [0, 0.05) is 25.1 Å². The van der Waals surface area contributed by atoms with Gasteiger partial charge < -0.3 is 9.88 Å². The first kappa shape index (κ1) is 20.1. The molecule has 3 aromatic rings. The molecule has 2 heterocycles. The Bertz CT molecular complexity index is 971. The molecule has 1 N–H and O–H groups in total. The van der Waals surface area contributed by atoms with Crippen LogP contribution >= 0.6 is 23.1 Å². The molecule has 0 spiro atoms. The maximum Gasteiger partial charge on any atom is 0.244 e. The van der Waals surface area contributed by atoms with E-state index >= 15 is 0 Å². The van der Waals surface area contributed by atoms with E-state index in [0.29, 0.717) is 12.6 Å². The van der Waals surface area contributed by atoms with E-state index in [1.165, 1.54) is 25.7 Å². The second-order valence-corrected chi connectivity index (χ2v) is 8.99. The molecule has 0 saturated heterocycles. The van der Waals surface area contributed by atoms with Crippen LogP contribution in [-0.2, 0) is 11.2 Å². The molecule has 1 fully saturated rings. The van der Waals surface area contributed by atoms with E-state index in [4.69, 9.17) is 0 Å². The van der Waals surface area contributed by atoms with Crippen LogP contribution in [0.4, 0.5) is 0 Å². The van der Waals surface area contributed by atoms with Crippen molar-refractivity contribution in [1.29, 1.82) is 0 Å². The third-order valence-electron chi connectivity index (χ3n) is 5.17. The zero-order chi connectivity index (χ0) is 20.1. The molecule has 0 aliphatic heterocycles. The molecule has 0 unspecified atom stereocenters. The minimum Gasteiger partial charge on any atom is -0.353 e. The first-order valence-corrected chi connectivity index (χ1v) is 12.1. The van der Waals surface area contributed by atoms with Crippen LogP contribution in [0.5, 0.6) is 0 Å². The zero-order valence-electron chi connectivity index (χ0n) is 16.5. The number of amides is 1. The fraction of sp³-hybridized carbons (Fsp3) is 0.429. The number of benzene rings is 1. The molecule has 6 nitrogen and oxygen atoms in total. The lowest BCUT2D eigenvalue weighted by molar-refractivity contribution is -0.116. The lowest BCUT2D eigenvalue weighted by Gasteiger charge is -2.16. The number of nitrogens with one attached hydrogen (secondary N) is 1. The molecule has 0 atom stereocenters. The predicted molar refractivity (Wildman–Crippen MR) is 119 cm³/mol. The molecule has 2 aromatic heterocycles. The van der Waals surface area contributed by atoms with Gasteiger partial charge in [-0.25, -0.2) is 4.98 Å². The van der Waals surface area contributed by atoms with Crippen LogP contribution in [-0.4, -0.2) is 38.5 Å².